The number of hydrogen-bond donors (Lipinski definition) is 2. The van der Waals surface area contributed by atoms with Crippen molar-refractivity contribution in [1.82, 2.24) is 10.3 Å². The SMILES string of the molecule is CCN(CC(=O)Nc1ccc2c(c1)OCCO2)C(=O)C1=NCC(=O)N(c2ccc(C)cc2)N1. The van der Waals surface area contributed by atoms with Crippen LogP contribution < -0.4 is 25.2 Å². The summed E-state index contributed by atoms with van der Waals surface area (Å²) in [6, 6.07) is 12.4. The highest BCUT2D eigenvalue weighted by atomic mass is 16.6. The van der Waals surface area contributed by atoms with Gasteiger partial charge in [0.1, 0.15) is 26.3 Å². The first kappa shape index (κ1) is 22.1. The van der Waals surface area contributed by atoms with E-state index in [4.69, 9.17) is 9.47 Å². The lowest BCUT2D eigenvalue weighted by Gasteiger charge is -2.30. The molecule has 172 valence electrons. The second kappa shape index (κ2) is 9.60. The number of rotatable bonds is 6. The van der Waals surface area contributed by atoms with Gasteiger partial charge in [-0.15, -0.1) is 0 Å². The number of nitrogens with one attached hydrogen (secondary N) is 2. The van der Waals surface area contributed by atoms with Gasteiger partial charge in [-0.25, -0.2) is 5.01 Å². The number of hydrogen-bond acceptors (Lipinski definition) is 7. The van der Waals surface area contributed by atoms with Crippen molar-refractivity contribution in [2.45, 2.75) is 13.8 Å². The van der Waals surface area contributed by atoms with Crippen LogP contribution in [0.15, 0.2) is 47.5 Å². The third-order valence-corrected chi connectivity index (χ3v) is 5.16. The Kier molecular flexibility index (Phi) is 6.43. The van der Waals surface area contributed by atoms with Crippen LogP contribution in [0.25, 0.3) is 0 Å². The summed E-state index contributed by atoms with van der Waals surface area (Å²) in [6.07, 6.45) is 0. The molecule has 2 aliphatic heterocycles. The van der Waals surface area contributed by atoms with Gasteiger partial charge in [-0.05, 0) is 38.1 Å². The number of amidine groups is 1. The number of benzene rings is 2. The molecule has 0 atom stereocenters. The van der Waals surface area contributed by atoms with Crippen LogP contribution in [0.5, 0.6) is 11.5 Å². The number of fused-ring (bicyclic) bond motifs is 1. The van der Waals surface area contributed by atoms with Crippen molar-refractivity contribution < 1.29 is 23.9 Å². The summed E-state index contributed by atoms with van der Waals surface area (Å²) in [7, 11) is 0. The maximum atomic E-state index is 13.0. The minimum atomic E-state index is -0.473. The zero-order chi connectivity index (χ0) is 23.4. The van der Waals surface area contributed by atoms with Gasteiger partial charge in [-0.2, -0.15) is 0 Å². The van der Waals surface area contributed by atoms with Crippen LogP contribution in [-0.2, 0) is 14.4 Å². The third kappa shape index (κ3) is 5.05. The first-order valence-corrected chi connectivity index (χ1v) is 10.6. The summed E-state index contributed by atoms with van der Waals surface area (Å²) in [5, 5.41) is 4.06. The molecule has 10 nitrogen and oxygen atoms in total. The summed E-state index contributed by atoms with van der Waals surface area (Å²) in [6.45, 7) is 4.58. The molecule has 33 heavy (non-hydrogen) atoms. The topological polar surface area (TPSA) is 113 Å². The van der Waals surface area contributed by atoms with E-state index in [2.05, 4.69) is 15.7 Å². The molecule has 10 heteroatoms. The van der Waals surface area contributed by atoms with Gasteiger partial charge >= 0.3 is 0 Å². The number of carbonyl (C=O) groups is 3. The van der Waals surface area contributed by atoms with Crippen molar-refractivity contribution in [3.63, 3.8) is 0 Å². The van der Waals surface area contributed by atoms with Crippen LogP contribution in [0.1, 0.15) is 12.5 Å². The van der Waals surface area contributed by atoms with Crippen LogP contribution >= 0.6 is 0 Å². The highest BCUT2D eigenvalue weighted by Gasteiger charge is 2.29. The number of amides is 3. The van der Waals surface area contributed by atoms with Crippen molar-refractivity contribution in [2.75, 3.05) is 43.2 Å². The monoisotopic (exact) mass is 451 g/mol. The molecule has 4 rings (SSSR count). The molecule has 2 heterocycles. The Bertz CT molecular complexity index is 1100. The Hall–Kier alpha value is -4.08. The minimum Gasteiger partial charge on any atom is -0.486 e. The molecule has 0 aromatic heterocycles. The average molecular weight is 451 g/mol. The number of ether oxygens (including phenoxy) is 2. The average Bonchev–Trinajstić information content (AvgIpc) is 2.83. The second-order valence-electron chi connectivity index (χ2n) is 7.57. The molecule has 0 fully saturated rings. The van der Waals surface area contributed by atoms with Gasteiger partial charge in [-0.3, -0.25) is 24.8 Å². The molecule has 0 aliphatic carbocycles. The largest absolute Gasteiger partial charge is 0.486 e. The Labute approximate surface area is 191 Å². The molecule has 0 radical (unpaired) electrons. The fourth-order valence-electron chi connectivity index (χ4n) is 3.41. The highest BCUT2D eigenvalue weighted by molar-refractivity contribution is 6.39. The van der Waals surface area contributed by atoms with Crippen molar-refractivity contribution in [1.29, 1.82) is 0 Å². The van der Waals surface area contributed by atoms with Crippen molar-refractivity contribution >= 4 is 34.9 Å². The molecule has 2 aromatic carbocycles. The number of nitrogens with zero attached hydrogens (tertiary/aromatic N) is 3. The molecular weight excluding hydrogens is 426 g/mol. The summed E-state index contributed by atoms with van der Waals surface area (Å²) in [4.78, 5) is 43.4. The summed E-state index contributed by atoms with van der Waals surface area (Å²) in [5.74, 6) is 0.0610. The predicted octanol–water partition coefficient (Wildman–Crippen LogP) is 1.50. The number of aryl methyl sites for hydroxylation is 1. The van der Waals surface area contributed by atoms with Crippen LogP contribution in [0.3, 0.4) is 0 Å². The van der Waals surface area contributed by atoms with Gasteiger partial charge in [0.05, 0.1) is 5.69 Å². The number of aliphatic imine (C=N–C) groups is 1. The number of hydrazine groups is 1. The van der Waals surface area contributed by atoms with E-state index in [1.165, 1.54) is 9.91 Å². The van der Waals surface area contributed by atoms with Crippen LogP contribution in [0.4, 0.5) is 11.4 Å². The molecule has 3 amide bonds. The molecule has 2 N–H and O–H groups in total. The molecule has 2 aromatic rings. The summed E-state index contributed by atoms with van der Waals surface area (Å²) >= 11 is 0. The summed E-state index contributed by atoms with van der Waals surface area (Å²) < 4.78 is 11.0. The molecule has 0 saturated heterocycles. The van der Waals surface area contributed by atoms with Gasteiger partial charge in [-0.1, -0.05) is 17.7 Å². The van der Waals surface area contributed by atoms with E-state index in [1.54, 1.807) is 37.3 Å². The lowest BCUT2D eigenvalue weighted by Crippen LogP contribution is -2.57. The Morgan fingerprint density at radius 1 is 1.12 bits per heavy atom. The van der Waals surface area contributed by atoms with Gasteiger partial charge in [0, 0.05) is 18.3 Å². The minimum absolute atomic E-state index is 0.00385. The van der Waals surface area contributed by atoms with E-state index in [0.717, 1.165) is 5.56 Å². The number of carbonyl (C=O) groups excluding carboxylic acids is 3. The van der Waals surface area contributed by atoms with Crippen molar-refractivity contribution in [3.05, 3.63) is 48.0 Å². The standard InChI is InChI=1S/C23H25N5O5/c1-3-27(14-20(29)25-16-6-9-18-19(12-16)33-11-10-32-18)23(31)22-24-13-21(30)28(26-22)17-7-4-15(2)5-8-17/h4-9,12H,3,10-11,13-14H2,1-2H3,(H,24,26)(H,25,29). The lowest BCUT2D eigenvalue weighted by molar-refractivity contribution is -0.129. The number of anilines is 2. The predicted molar refractivity (Wildman–Crippen MR) is 122 cm³/mol. The molecule has 0 saturated carbocycles. The lowest BCUT2D eigenvalue weighted by atomic mass is 10.2. The fourth-order valence-corrected chi connectivity index (χ4v) is 3.41. The quantitative estimate of drug-likeness (QED) is 0.689. The molecule has 0 bridgehead atoms. The number of likely N-dealkylation sites (N-methyl/N-ethyl adjacent to an activating group) is 1. The van der Waals surface area contributed by atoms with Crippen LogP contribution in [-0.4, -0.2) is 61.3 Å². The fraction of sp³-hybridized carbons (Fsp3) is 0.304. The van der Waals surface area contributed by atoms with Gasteiger partial charge in [0.25, 0.3) is 11.8 Å². The van der Waals surface area contributed by atoms with Crippen LogP contribution in [0, 0.1) is 6.92 Å². The Morgan fingerprint density at radius 3 is 2.58 bits per heavy atom. The first-order chi connectivity index (χ1) is 15.9. The summed E-state index contributed by atoms with van der Waals surface area (Å²) in [5.41, 5.74) is 4.98. The van der Waals surface area contributed by atoms with E-state index >= 15 is 0 Å². The Morgan fingerprint density at radius 2 is 1.85 bits per heavy atom. The third-order valence-electron chi connectivity index (χ3n) is 5.16. The zero-order valence-corrected chi connectivity index (χ0v) is 18.5. The maximum Gasteiger partial charge on any atom is 0.291 e. The van der Waals surface area contributed by atoms with Gasteiger partial charge in [0.15, 0.2) is 11.5 Å². The molecule has 2 aliphatic rings. The normalized spacial score (nSPS) is 14.8. The zero-order valence-electron chi connectivity index (χ0n) is 18.5. The first-order valence-electron chi connectivity index (χ1n) is 10.6. The van der Waals surface area contributed by atoms with E-state index in [0.29, 0.717) is 36.1 Å². The van der Waals surface area contributed by atoms with E-state index in [1.807, 2.05) is 19.1 Å². The molecular formula is C23H25N5O5. The van der Waals surface area contributed by atoms with Crippen molar-refractivity contribution in [3.8, 4) is 11.5 Å². The van der Waals surface area contributed by atoms with Crippen molar-refractivity contribution in [2.24, 2.45) is 4.99 Å². The van der Waals surface area contributed by atoms with Gasteiger partial charge in [0.2, 0.25) is 11.7 Å². The maximum absolute atomic E-state index is 13.0. The molecule has 0 unspecified atom stereocenters. The Balaban J connectivity index is 1.40. The van der Waals surface area contributed by atoms with E-state index < -0.39 is 5.91 Å². The van der Waals surface area contributed by atoms with E-state index in [9.17, 15) is 14.4 Å². The molecule has 0 spiro atoms. The van der Waals surface area contributed by atoms with Crippen LogP contribution in [0.2, 0.25) is 0 Å². The second-order valence-corrected chi connectivity index (χ2v) is 7.57. The van der Waals surface area contributed by atoms with Gasteiger partial charge < -0.3 is 19.7 Å². The smallest absolute Gasteiger partial charge is 0.291 e. The van der Waals surface area contributed by atoms with E-state index in [-0.39, 0.29) is 37.3 Å². The highest BCUT2D eigenvalue weighted by Crippen LogP contribution is 2.32.